The molecule has 1 saturated heterocycles. The maximum absolute atomic E-state index is 15.7. The molecule has 4 nitrogen and oxygen atoms in total. The van der Waals surface area contributed by atoms with Crippen LogP contribution in [0.2, 0.25) is 40.8 Å². The molecule has 1 heterocycles. The van der Waals surface area contributed by atoms with Gasteiger partial charge in [0.2, 0.25) is 5.91 Å². The van der Waals surface area contributed by atoms with Crippen molar-refractivity contribution in [3.05, 3.63) is 143 Å². The third kappa shape index (κ3) is 9.34. The first-order valence-electron chi connectivity index (χ1n) is 19.4. The molecule has 5 rings (SSSR count). The second-order valence-corrected chi connectivity index (χ2v) is 28.0. The van der Waals surface area contributed by atoms with Crippen LogP contribution in [0.4, 0.5) is 0 Å². The highest BCUT2D eigenvalue weighted by atomic mass is 35.5. The Morgan fingerprint density at radius 1 is 0.870 bits per heavy atom. The lowest BCUT2D eigenvalue weighted by Crippen LogP contribution is -2.68. The lowest BCUT2D eigenvalue weighted by Gasteiger charge is -2.53. The number of allylic oxidation sites excluding steroid dienone is 1. The third-order valence-electron chi connectivity index (χ3n) is 11.2. The summed E-state index contributed by atoms with van der Waals surface area (Å²) in [5.74, 6) is 0.0107. The Morgan fingerprint density at radius 2 is 1.48 bits per heavy atom. The minimum Gasteiger partial charge on any atom is -0.405 e. The second kappa shape index (κ2) is 17.9. The van der Waals surface area contributed by atoms with E-state index in [0.29, 0.717) is 49.1 Å². The van der Waals surface area contributed by atoms with Crippen LogP contribution in [-0.2, 0) is 14.0 Å². The normalized spacial score (nSPS) is 20.2. The van der Waals surface area contributed by atoms with Gasteiger partial charge in [0.1, 0.15) is 0 Å². The monoisotopic (exact) mass is 799 g/mol. The molecular weight excluding hydrogens is 742 g/mol. The van der Waals surface area contributed by atoms with Crippen LogP contribution in [-0.4, -0.2) is 53.1 Å². The summed E-state index contributed by atoms with van der Waals surface area (Å²) in [5, 5.41) is 3.55. The van der Waals surface area contributed by atoms with Crippen molar-refractivity contribution in [3.63, 3.8) is 0 Å². The van der Waals surface area contributed by atoms with E-state index in [0.717, 1.165) is 17.2 Å². The summed E-state index contributed by atoms with van der Waals surface area (Å²) in [6.07, 6.45) is 3.71. The Morgan fingerprint density at radius 3 is 2.00 bits per heavy atom. The average molecular weight is 801 g/mol. The van der Waals surface area contributed by atoms with Gasteiger partial charge in [0, 0.05) is 30.6 Å². The van der Waals surface area contributed by atoms with Gasteiger partial charge in [0.25, 0.3) is 8.32 Å². The Hall–Kier alpha value is -2.98. The molecular formula is C46H59Cl2NO3Si2. The van der Waals surface area contributed by atoms with Crippen LogP contribution in [0.1, 0.15) is 70.0 Å². The van der Waals surface area contributed by atoms with Gasteiger partial charge in [0.05, 0.1) is 30.7 Å². The molecule has 1 amide bonds. The van der Waals surface area contributed by atoms with Crippen molar-refractivity contribution in [2.75, 3.05) is 19.8 Å². The van der Waals surface area contributed by atoms with E-state index in [-0.39, 0.29) is 28.9 Å². The molecule has 1 aliphatic rings. The van der Waals surface area contributed by atoms with Crippen molar-refractivity contribution in [3.8, 4) is 0 Å². The number of carbonyl (C=O) groups is 1. The molecule has 1 aliphatic heterocycles. The van der Waals surface area contributed by atoms with E-state index < -0.39 is 21.8 Å². The van der Waals surface area contributed by atoms with Gasteiger partial charge in [-0.05, 0) is 76.1 Å². The van der Waals surface area contributed by atoms with Gasteiger partial charge in [-0.25, -0.2) is 0 Å². The van der Waals surface area contributed by atoms with Gasteiger partial charge in [-0.15, -0.1) is 6.58 Å². The molecule has 4 aromatic carbocycles. The second-order valence-electron chi connectivity index (χ2n) is 17.2. The summed E-state index contributed by atoms with van der Waals surface area (Å²) in [6, 6.07) is 38.1. The molecule has 4 atom stereocenters. The van der Waals surface area contributed by atoms with Gasteiger partial charge in [-0.3, -0.25) is 4.79 Å². The highest BCUT2D eigenvalue weighted by molar-refractivity contribution is 6.99. The minimum atomic E-state index is -2.92. The summed E-state index contributed by atoms with van der Waals surface area (Å²) in [7, 11) is -4.27. The molecule has 0 bridgehead atoms. The fraction of sp³-hybridized carbons (Fsp3) is 0.413. The van der Waals surface area contributed by atoms with E-state index in [4.69, 9.17) is 32.4 Å². The van der Waals surface area contributed by atoms with Crippen molar-refractivity contribution in [1.29, 1.82) is 0 Å². The van der Waals surface area contributed by atoms with Crippen LogP contribution in [0.5, 0.6) is 0 Å². The highest BCUT2D eigenvalue weighted by Crippen LogP contribution is 2.53. The number of carbonyl (C=O) groups excluding carboxylic acids is 1. The summed E-state index contributed by atoms with van der Waals surface area (Å²) in [5.41, 5.74) is 1.31. The number of hydrogen-bond donors (Lipinski definition) is 0. The van der Waals surface area contributed by atoms with Crippen molar-refractivity contribution in [1.82, 2.24) is 4.90 Å². The number of likely N-dealkylation sites (tertiary alicyclic amines) is 1. The lowest BCUT2D eigenvalue weighted by molar-refractivity contribution is -0.162. The molecule has 0 radical (unpaired) electrons. The van der Waals surface area contributed by atoms with Gasteiger partial charge in [-0.1, -0.05) is 162 Å². The summed E-state index contributed by atoms with van der Waals surface area (Å²) < 4.78 is 14.2. The molecule has 1 fully saturated rings. The van der Waals surface area contributed by atoms with E-state index in [2.05, 4.69) is 144 Å². The molecule has 0 N–H and O–H groups in total. The van der Waals surface area contributed by atoms with Crippen LogP contribution >= 0.6 is 23.2 Å². The zero-order valence-corrected chi connectivity index (χ0v) is 36.8. The maximum atomic E-state index is 15.7. The standard InChI is InChI=1S/C46H59Cl2NO3Si2/c1-9-28-46(34-51-29-30-53(6,7)8)32-42(36-18-17-19-38(48)31-36)43(35-24-26-37(47)27-25-35)49(44(46)50)39(10-2)33-52-54(45(3,4)5,40-20-13-11-14-21-40)41-22-15-12-16-23-41/h9,11-27,31,39,42-43H,1,10,28-30,32-34H2,2-8H3/t39?,42-,43-,46+/m1/s1. The quantitative estimate of drug-likeness (QED) is 0.0644. The van der Waals surface area contributed by atoms with Crippen LogP contribution in [0.15, 0.2) is 122 Å². The van der Waals surface area contributed by atoms with Crippen LogP contribution in [0.3, 0.4) is 0 Å². The molecule has 0 saturated carbocycles. The Balaban J connectivity index is 1.68. The minimum absolute atomic E-state index is 0.0787. The Labute approximate surface area is 337 Å². The molecule has 0 aliphatic carbocycles. The first-order chi connectivity index (χ1) is 25.7. The summed E-state index contributed by atoms with van der Waals surface area (Å²) in [4.78, 5) is 17.9. The van der Waals surface area contributed by atoms with Gasteiger partial charge < -0.3 is 14.1 Å². The fourth-order valence-electron chi connectivity index (χ4n) is 8.35. The first kappa shape index (κ1) is 42.2. The molecule has 1 unspecified atom stereocenters. The number of halogens is 2. The van der Waals surface area contributed by atoms with E-state index in [1.165, 1.54) is 10.4 Å². The molecule has 0 aromatic heterocycles. The predicted octanol–water partition coefficient (Wildman–Crippen LogP) is 11.3. The number of hydrogen-bond acceptors (Lipinski definition) is 3. The molecule has 54 heavy (non-hydrogen) atoms. The number of amides is 1. The average Bonchev–Trinajstić information content (AvgIpc) is 3.13. The lowest BCUT2D eigenvalue weighted by atomic mass is 9.66. The van der Waals surface area contributed by atoms with Crippen LogP contribution in [0.25, 0.3) is 0 Å². The van der Waals surface area contributed by atoms with Crippen LogP contribution < -0.4 is 10.4 Å². The number of piperidine rings is 1. The SMILES string of the molecule is C=CC[C@@]1(COCC[Si](C)(C)C)C[C@H](c2cccc(Cl)c2)[C@@H](c2ccc(Cl)cc2)N(C(CC)CO[Si](c2ccccc2)(c2ccccc2)C(C)(C)C)C1=O. The summed E-state index contributed by atoms with van der Waals surface area (Å²) >= 11 is 13.2. The zero-order chi connectivity index (χ0) is 39.1. The van der Waals surface area contributed by atoms with Gasteiger partial charge in [0.15, 0.2) is 0 Å². The van der Waals surface area contributed by atoms with Crippen molar-refractivity contribution in [2.45, 2.75) is 95.7 Å². The smallest absolute Gasteiger partial charge is 0.261 e. The molecule has 288 valence electrons. The maximum Gasteiger partial charge on any atom is 0.261 e. The van der Waals surface area contributed by atoms with E-state index >= 15 is 4.79 Å². The molecule has 4 aromatic rings. The number of benzene rings is 4. The van der Waals surface area contributed by atoms with Gasteiger partial charge in [-0.2, -0.15) is 0 Å². The highest BCUT2D eigenvalue weighted by Gasteiger charge is 2.55. The fourth-order valence-corrected chi connectivity index (χ4v) is 14.0. The third-order valence-corrected chi connectivity index (χ3v) is 18.3. The molecule has 0 spiro atoms. The first-order valence-corrected chi connectivity index (χ1v) is 25.8. The summed E-state index contributed by atoms with van der Waals surface area (Å²) in [6.45, 7) is 21.6. The van der Waals surface area contributed by atoms with Gasteiger partial charge >= 0.3 is 0 Å². The zero-order valence-electron chi connectivity index (χ0n) is 33.3. The Bertz CT molecular complexity index is 1790. The van der Waals surface area contributed by atoms with Crippen molar-refractivity contribution in [2.24, 2.45) is 5.41 Å². The number of nitrogens with zero attached hydrogens (tertiary/aromatic N) is 1. The van der Waals surface area contributed by atoms with E-state index in [1.54, 1.807) is 0 Å². The van der Waals surface area contributed by atoms with E-state index in [1.807, 2.05) is 30.3 Å². The van der Waals surface area contributed by atoms with Crippen molar-refractivity contribution >= 4 is 55.9 Å². The van der Waals surface area contributed by atoms with E-state index in [9.17, 15) is 0 Å². The topological polar surface area (TPSA) is 38.8 Å². The number of ether oxygens (including phenoxy) is 1. The Kier molecular flexibility index (Phi) is 14.0. The van der Waals surface area contributed by atoms with Crippen LogP contribution in [0, 0.1) is 5.41 Å². The van der Waals surface area contributed by atoms with Crippen molar-refractivity contribution < 1.29 is 14.0 Å². The molecule has 8 heteroatoms. The number of rotatable bonds is 16. The predicted molar refractivity (Wildman–Crippen MR) is 234 cm³/mol. The largest absolute Gasteiger partial charge is 0.405 e.